The average Bonchev–Trinajstić information content (AvgIpc) is 2.84. The zero-order chi connectivity index (χ0) is 24.5. The van der Waals surface area contributed by atoms with Gasteiger partial charge in [0.2, 0.25) is 11.8 Å². The van der Waals surface area contributed by atoms with Crippen LogP contribution in [0.5, 0.6) is 0 Å². The Morgan fingerprint density at radius 3 is 2.00 bits per heavy atom. The van der Waals surface area contributed by atoms with E-state index in [9.17, 15) is 18.4 Å². The van der Waals surface area contributed by atoms with E-state index in [1.54, 1.807) is 36.4 Å². The van der Waals surface area contributed by atoms with Crippen LogP contribution in [-0.2, 0) is 29.0 Å². The molecule has 0 aliphatic rings. The first-order valence-corrected chi connectivity index (χ1v) is 11.5. The van der Waals surface area contributed by atoms with Crippen molar-refractivity contribution in [1.82, 2.24) is 10.2 Å². The highest BCUT2D eigenvalue weighted by Gasteiger charge is 2.31. The smallest absolute Gasteiger partial charge is 0.243 e. The van der Waals surface area contributed by atoms with Crippen molar-refractivity contribution in [2.45, 2.75) is 51.7 Å². The number of hydrogen-bond donors (Lipinski definition) is 1. The topological polar surface area (TPSA) is 49.4 Å². The summed E-state index contributed by atoms with van der Waals surface area (Å²) in [6.07, 6.45) is 0.740. The zero-order valence-electron chi connectivity index (χ0n) is 19.5. The van der Waals surface area contributed by atoms with E-state index in [0.717, 1.165) is 12.0 Å². The summed E-state index contributed by atoms with van der Waals surface area (Å²) in [6, 6.07) is 20.6. The van der Waals surface area contributed by atoms with E-state index in [0.29, 0.717) is 5.56 Å². The van der Waals surface area contributed by atoms with Crippen molar-refractivity contribution in [3.8, 4) is 0 Å². The van der Waals surface area contributed by atoms with Crippen LogP contribution in [0, 0.1) is 11.6 Å². The Morgan fingerprint density at radius 1 is 0.853 bits per heavy atom. The Labute approximate surface area is 199 Å². The minimum Gasteiger partial charge on any atom is -0.352 e. The first-order valence-electron chi connectivity index (χ1n) is 11.5. The lowest BCUT2D eigenvalue weighted by Gasteiger charge is -2.32. The maximum absolute atomic E-state index is 14.6. The summed E-state index contributed by atoms with van der Waals surface area (Å²) >= 11 is 0. The van der Waals surface area contributed by atoms with Crippen LogP contribution in [0.15, 0.2) is 78.9 Å². The molecular formula is C28H30F2N2O2. The summed E-state index contributed by atoms with van der Waals surface area (Å²) in [7, 11) is 0. The molecule has 0 saturated heterocycles. The fraction of sp³-hybridized carbons (Fsp3) is 0.286. The van der Waals surface area contributed by atoms with Crippen LogP contribution in [-0.4, -0.2) is 28.8 Å². The first-order chi connectivity index (χ1) is 16.4. The van der Waals surface area contributed by atoms with Gasteiger partial charge in [0.15, 0.2) is 0 Å². The highest BCUT2D eigenvalue weighted by molar-refractivity contribution is 5.89. The third kappa shape index (κ3) is 6.73. The number of nitrogens with zero attached hydrogens (tertiary/aromatic N) is 1. The SMILES string of the molecule is CC[C@H](C)NC(=O)[C@H](Cc1ccccc1)N(Cc1ccccc1F)C(=O)Cc1ccccc1F. The van der Waals surface area contributed by atoms with Crippen molar-refractivity contribution < 1.29 is 18.4 Å². The van der Waals surface area contributed by atoms with E-state index >= 15 is 0 Å². The van der Waals surface area contributed by atoms with E-state index in [4.69, 9.17) is 0 Å². The number of amides is 2. The van der Waals surface area contributed by atoms with Crippen LogP contribution >= 0.6 is 0 Å². The molecule has 0 saturated carbocycles. The standard InChI is InChI=1S/C28H30F2N2O2/c1-3-20(2)31-28(34)26(17-21-11-5-4-6-12-21)32(19-23-14-8-10-16-25(23)30)27(33)18-22-13-7-9-15-24(22)29/h4-16,20,26H,3,17-19H2,1-2H3,(H,31,34)/t20-,26-/m0/s1. The van der Waals surface area contributed by atoms with Crippen LogP contribution in [0.3, 0.4) is 0 Å². The van der Waals surface area contributed by atoms with Gasteiger partial charge in [-0.1, -0.05) is 73.7 Å². The third-order valence-electron chi connectivity index (χ3n) is 5.87. The minimum absolute atomic E-state index is 0.0947. The van der Waals surface area contributed by atoms with Crippen LogP contribution in [0.25, 0.3) is 0 Å². The summed E-state index contributed by atoms with van der Waals surface area (Å²) in [4.78, 5) is 28.3. The molecule has 0 spiro atoms. The molecule has 0 aliphatic carbocycles. The molecule has 178 valence electrons. The van der Waals surface area contributed by atoms with Gasteiger partial charge in [0.05, 0.1) is 6.42 Å². The van der Waals surface area contributed by atoms with E-state index in [2.05, 4.69) is 5.32 Å². The van der Waals surface area contributed by atoms with Gasteiger partial charge in [-0.15, -0.1) is 0 Å². The van der Waals surface area contributed by atoms with Gasteiger partial charge in [0.25, 0.3) is 0 Å². The van der Waals surface area contributed by atoms with E-state index in [1.165, 1.54) is 17.0 Å². The van der Waals surface area contributed by atoms with Gasteiger partial charge < -0.3 is 10.2 Å². The molecule has 0 unspecified atom stereocenters. The number of benzene rings is 3. The number of carbonyl (C=O) groups excluding carboxylic acids is 2. The number of carbonyl (C=O) groups is 2. The van der Waals surface area contributed by atoms with Crippen LogP contribution in [0.1, 0.15) is 37.0 Å². The number of halogens is 2. The van der Waals surface area contributed by atoms with Crippen LogP contribution in [0.2, 0.25) is 0 Å². The van der Waals surface area contributed by atoms with E-state index in [1.807, 2.05) is 44.2 Å². The van der Waals surface area contributed by atoms with Gasteiger partial charge in [-0.25, -0.2) is 8.78 Å². The van der Waals surface area contributed by atoms with Crippen molar-refractivity contribution >= 4 is 11.8 Å². The van der Waals surface area contributed by atoms with E-state index in [-0.39, 0.29) is 36.9 Å². The number of nitrogens with one attached hydrogen (secondary N) is 1. The second-order valence-electron chi connectivity index (χ2n) is 8.40. The Hall–Kier alpha value is -3.54. The second-order valence-corrected chi connectivity index (χ2v) is 8.40. The molecule has 4 nitrogen and oxygen atoms in total. The van der Waals surface area contributed by atoms with E-state index < -0.39 is 23.6 Å². The molecule has 0 heterocycles. The molecule has 0 radical (unpaired) electrons. The number of hydrogen-bond acceptors (Lipinski definition) is 2. The molecular weight excluding hydrogens is 434 g/mol. The van der Waals surface area contributed by atoms with Gasteiger partial charge in [-0.3, -0.25) is 9.59 Å². The highest BCUT2D eigenvalue weighted by atomic mass is 19.1. The molecule has 0 bridgehead atoms. The molecule has 6 heteroatoms. The summed E-state index contributed by atoms with van der Waals surface area (Å²) < 4.78 is 28.9. The Morgan fingerprint density at radius 2 is 1.41 bits per heavy atom. The normalized spacial score (nSPS) is 12.6. The lowest BCUT2D eigenvalue weighted by Crippen LogP contribution is -2.52. The van der Waals surface area contributed by atoms with Crippen molar-refractivity contribution in [2.24, 2.45) is 0 Å². The summed E-state index contributed by atoms with van der Waals surface area (Å²) in [6.45, 7) is 3.74. The predicted molar refractivity (Wildman–Crippen MR) is 129 cm³/mol. The molecule has 0 aliphatic heterocycles. The minimum atomic E-state index is -0.893. The average molecular weight is 465 g/mol. The lowest BCUT2D eigenvalue weighted by atomic mass is 10.0. The van der Waals surface area contributed by atoms with Crippen molar-refractivity contribution in [3.05, 3.63) is 107 Å². The monoisotopic (exact) mass is 464 g/mol. The summed E-state index contributed by atoms with van der Waals surface area (Å²) in [5.41, 5.74) is 1.38. The molecule has 0 fully saturated rings. The van der Waals surface area contributed by atoms with Gasteiger partial charge in [0, 0.05) is 24.6 Å². The third-order valence-corrected chi connectivity index (χ3v) is 5.87. The van der Waals surface area contributed by atoms with Crippen LogP contribution in [0.4, 0.5) is 8.78 Å². The maximum Gasteiger partial charge on any atom is 0.243 e. The zero-order valence-corrected chi connectivity index (χ0v) is 19.5. The molecule has 2 amide bonds. The van der Waals surface area contributed by atoms with Gasteiger partial charge in [0.1, 0.15) is 17.7 Å². The quantitative estimate of drug-likeness (QED) is 0.456. The van der Waals surface area contributed by atoms with Gasteiger partial charge in [-0.2, -0.15) is 0 Å². The fourth-order valence-electron chi connectivity index (χ4n) is 3.71. The van der Waals surface area contributed by atoms with Gasteiger partial charge >= 0.3 is 0 Å². The van der Waals surface area contributed by atoms with Gasteiger partial charge in [-0.05, 0) is 36.6 Å². The Balaban J connectivity index is 2.00. The molecule has 2 atom stereocenters. The predicted octanol–water partition coefficient (Wildman–Crippen LogP) is 5.06. The highest BCUT2D eigenvalue weighted by Crippen LogP contribution is 2.19. The molecule has 1 N–H and O–H groups in total. The molecule has 3 aromatic carbocycles. The molecule has 34 heavy (non-hydrogen) atoms. The van der Waals surface area contributed by atoms with Crippen LogP contribution < -0.4 is 5.32 Å². The Bertz CT molecular complexity index is 1100. The second kappa shape index (κ2) is 12.1. The molecule has 3 rings (SSSR count). The fourth-order valence-corrected chi connectivity index (χ4v) is 3.71. The van der Waals surface area contributed by atoms with Crippen molar-refractivity contribution in [2.75, 3.05) is 0 Å². The first kappa shape index (κ1) is 25.1. The van der Waals surface area contributed by atoms with Crippen molar-refractivity contribution in [3.63, 3.8) is 0 Å². The largest absolute Gasteiger partial charge is 0.352 e. The Kier molecular flexibility index (Phi) is 8.91. The number of rotatable bonds is 10. The lowest BCUT2D eigenvalue weighted by molar-refractivity contribution is -0.141. The van der Waals surface area contributed by atoms with Crippen molar-refractivity contribution in [1.29, 1.82) is 0 Å². The summed E-state index contributed by atoms with van der Waals surface area (Å²) in [5.74, 6) is -1.73. The maximum atomic E-state index is 14.6. The summed E-state index contributed by atoms with van der Waals surface area (Å²) in [5, 5.41) is 2.96. The molecule has 3 aromatic rings. The molecule has 0 aromatic heterocycles.